The van der Waals surface area contributed by atoms with Crippen molar-refractivity contribution in [3.63, 3.8) is 0 Å². The molecular formula is C15H21BrClN3O2. The smallest absolute Gasteiger partial charge is 0.241 e. The van der Waals surface area contributed by atoms with E-state index in [-0.39, 0.29) is 42.7 Å². The van der Waals surface area contributed by atoms with Crippen molar-refractivity contribution in [2.24, 2.45) is 5.73 Å². The number of hydrogen-bond acceptors (Lipinski definition) is 3. The second-order valence-corrected chi connectivity index (χ2v) is 6.43. The number of halogens is 2. The van der Waals surface area contributed by atoms with Crippen LogP contribution in [0.1, 0.15) is 18.4 Å². The number of benzene rings is 1. The number of carbonyl (C=O) groups excluding carboxylic acids is 2. The molecule has 1 saturated carbocycles. The van der Waals surface area contributed by atoms with Gasteiger partial charge in [-0.3, -0.25) is 9.59 Å². The van der Waals surface area contributed by atoms with E-state index in [9.17, 15) is 9.59 Å². The first-order chi connectivity index (χ1) is 9.97. The minimum atomic E-state index is -0.314. The summed E-state index contributed by atoms with van der Waals surface area (Å²) in [5, 5.41) is 2.51. The summed E-state index contributed by atoms with van der Waals surface area (Å²) in [4.78, 5) is 24.8. The zero-order chi connectivity index (χ0) is 15.5. The average Bonchev–Trinajstić information content (AvgIpc) is 3.25. The van der Waals surface area contributed by atoms with Crippen LogP contribution >= 0.6 is 28.3 Å². The van der Waals surface area contributed by atoms with Crippen LogP contribution in [0.3, 0.4) is 0 Å². The minimum absolute atomic E-state index is 0. The number of rotatable bonds is 6. The van der Waals surface area contributed by atoms with Gasteiger partial charge < -0.3 is 16.0 Å². The Kier molecular flexibility index (Phi) is 6.84. The van der Waals surface area contributed by atoms with E-state index in [1.165, 1.54) is 5.56 Å². The molecule has 5 nitrogen and oxygen atoms in total. The van der Waals surface area contributed by atoms with Crippen LogP contribution in [-0.2, 0) is 15.0 Å². The summed E-state index contributed by atoms with van der Waals surface area (Å²) in [6.45, 7) is 0.578. The molecule has 0 saturated heterocycles. The fraction of sp³-hybridized carbons (Fsp3) is 0.467. The summed E-state index contributed by atoms with van der Waals surface area (Å²) in [7, 11) is 1.77. The van der Waals surface area contributed by atoms with Gasteiger partial charge in [0.25, 0.3) is 0 Å². The molecule has 0 bridgehead atoms. The molecule has 1 aliphatic rings. The largest absolute Gasteiger partial charge is 0.346 e. The van der Waals surface area contributed by atoms with Crippen molar-refractivity contribution in [3.8, 4) is 0 Å². The van der Waals surface area contributed by atoms with E-state index in [4.69, 9.17) is 5.73 Å². The van der Waals surface area contributed by atoms with Gasteiger partial charge in [0, 0.05) is 23.5 Å². The molecule has 2 amide bonds. The van der Waals surface area contributed by atoms with Gasteiger partial charge in [0.15, 0.2) is 0 Å². The van der Waals surface area contributed by atoms with Crippen LogP contribution in [0.5, 0.6) is 0 Å². The zero-order valence-electron chi connectivity index (χ0n) is 12.5. The van der Waals surface area contributed by atoms with E-state index in [1.807, 2.05) is 12.1 Å². The lowest BCUT2D eigenvalue weighted by Crippen LogP contribution is -2.42. The Hall–Kier alpha value is -1.11. The molecule has 0 atom stereocenters. The lowest BCUT2D eigenvalue weighted by molar-refractivity contribution is -0.131. The van der Waals surface area contributed by atoms with E-state index in [0.717, 1.165) is 17.3 Å². The number of nitrogens with two attached hydrogens (primary N) is 1. The van der Waals surface area contributed by atoms with Crippen molar-refractivity contribution in [1.82, 2.24) is 10.2 Å². The van der Waals surface area contributed by atoms with Crippen LogP contribution in [0.25, 0.3) is 0 Å². The Bertz CT molecular complexity index is 532. The molecule has 3 N–H and O–H groups in total. The predicted octanol–water partition coefficient (Wildman–Crippen LogP) is 1.44. The van der Waals surface area contributed by atoms with Crippen molar-refractivity contribution >= 4 is 40.2 Å². The van der Waals surface area contributed by atoms with Gasteiger partial charge >= 0.3 is 0 Å². The minimum Gasteiger partial charge on any atom is -0.346 e. The van der Waals surface area contributed by atoms with Crippen molar-refractivity contribution in [3.05, 3.63) is 34.3 Å². The monoisotopic (exact) mass is 389 g/mol. The molecule has 0 radical (unpaired) electrons. The fourth-order valence-electron chi connectivity index (χ4n) is 2.42. The highest BCUT2D eigenvalue weighted by Crippen LogP contribution is 2.48. The Morgan fingerprint density at radius 3 is 2.41 bits per heavy atom. The second-order valence-electron chi connectivity index (χ2n) is 5.52. The predicted molar refractivity (Wildman–Crippen MR) is 92.0 cm³/mol. The van der Waals surface area contributed by atoms with Crippen molar-refractivity contribution < 1.29 is 9.59 Å². The molecule has 0 unspecified atom stereocenters. The van der Waals surface area contributed by atoms with Crippen LogP contribution in [-0.4, -0.2) is 43.4 Å². The first-order valence-corrected chi connectivity index (χ1v) is 7.73. The standard InChI is InChI=1S/C15H20BrN3O2.ClH/c1-19(14(21)9-18-13(20)8-17)10-15(6-7-15)11-2-4-12(16)5-3-11;/h2-5H,6-10,17H2,1H3,(H,18,20);1H. The molecule has 22 heavy (non-hydrogen) atoms. The lowest BCUT2D eigenvalue weighted by atomic mass is 9.95. The zero-order valence-corrected chi connectivity index (χ0v) is 14.9. The fourth-order valence-corrected chi connectivity index (χ4v) is 2.68. The maximum absolute atomic E-state index is 12.0. The van der Waals surface area contributed by atoms with Gasteiger partial charge in [0.05, 0.1) is 13.1 Å². The lowest BCUT2D eigenvalue weighted by Gasteiger charge is -2.24. The number of nitrogens with zero attached hydrogens (tertiary/aromatic N) is 1. The van der Waals surface area contributed by atoms with E-state index >= 15 is 0 Å². The highest BCUT2D eigenvalue weighted by atomic mass is 79.9. The Labute approximate surface area is 145 Å². The van der Waals surface area contributed by atoms with Crippen LogP contribution in [0, 0.1) is 0 Å². The maximum atomic E-state index is 12.0. The van der Waals surface area contributed by atoms with Crippen LogP contribution in [0.4, 0.5) is 0 Å². The summed E-state index contributed by atoms with van der Waals surface area (Å²) in [6, 6.07) is 8.26. The first-order valence-electron chi connectivity index (χ1n) is 6.94. The summed E-state index contributed by atoms with van der Waals surface area (Å²) in [6.07, 6.45) is 2.17. The van der Waals surface area contributed by atoms with E-state index < -0.39 is 0 Å². The van der Waals surface area contributed by atoms with Crippen molar-refractivity contribution in [2.75, 3.05) is 26.7 Å². The number of likely N-dealkylation sites (N-methyl/N-ethyl adjacent to an activating group) is 1. The average molecular weight is 391 g/mol. The van der Waals surface area contributed by atoms with E-state index in [0.29, 0.717) is 6.54 Å². The van der Waals surface area contributed by atoms with Gasteiger partial charge in [-0.05, 0) is 30.5 Å². The third-order valence-corrected chi connectivity index (χ3v) is 4.43. The Morgan fingerprint density at radius 1 is 1.32 bits per heavy atom. The quantitative estimate of drug-likeness (QED) is 0.772. The molecule has 0 aromatic heterocycles. The van der Waals surface area contributed by atoms with Gasteiger partial charge in [-0.25, -0.2) is 0 Å². The molecular weight excluding hydrogens is 370 g/mol. The number of hydrogen-bond donors (Lipinski definition) is 2. The normalized spacial score (nSPS) is 14.7. The third kappa shape index (κ3) is 4.69. The highest BCUT2D eigenvalue weighted by Gasteiger charge is 2.45. The van der Waals surface area contributed by atoms with Crippen LogP contribution in [0.2, 0.25) is 0 Å². The summed E-state index contributed by atoms with van der Waals surface area (Å²) in [5.74, 6) is -0.411. The topological polar surface area (TPSA) is 75.4 Å². The van der Waals surface area contributed by atoms with E-state index in [1.54, 1.807) is 11.9 Å². The molecule has 2 rings (SSSR count). The number of amides is 2. The van der Waals surface area contributed by atoms with Gasteiger partial charge in [-0.1, -0.05) is 28.1 Å². The maximum Gasteiger partial charge on any atom is 0.241 e. The highest BCUT2D eigenvalue weighted by molar-refractivity contribution is 9.10. The molecule has 0 heterocycles. The SMILES string of the molecule is CN(CC1(c2ccc(Br)cc2)CC1)C(=O)CNC(=O)CN.Cl. The molecule has 1 aromatic carbocycles. The third-order valence-electron chi connectivity index (χ3n) is 3.90. The van der Waals surface area contributed by atoms with Crippen LogP contribution in [0.15, 0.2) is 28.7 Å². The van der Waals surface area contributed by atoms with Crippen LogP contribution < -0.4 is 11.1 Å². The molecule has 7 heteroatoms. The molecule has 0 spiro atoms. The molecule has 1 aromatic rings. The van der Waals surface area contributed by atoms with E-state index in [2.05, 4.69) is 33.4 Å². The number of carbonyl (C=O) groups is 2. The number of nitrogens with one attached hydrogen (secondary N) is 1. The van der Waals surface area contributed by atoms with Gasteiger partial charge in [-0.2, -0.15) is 0 Å². The molecule has 1 aliphatic carbocycles. The summed E-state index contributed by atoms with van der Waals surface area (Å²) in [5.41, 5.74) is 6.53. The first kappa shape index (κ1) is 18.9. The van der Waals surface area contributed by atoms with Crippen molar-refractivity contribution in [1.29, 1.82) is 0 Å². The van der Waals surface area contributed by atoms with Gasteiger partial charge in [0.1, 0.15) is 0 Å². The van der Waals surface area contributed by atoms with Crippen molar-refractivity contribution in [2.45, 2.75) is 18.3 Å². The Balaban J connectivity index is 0.00000242. The van der Waals surface area contributed by atoms with Gasteiger partial charge in [-0.15, -0.1) is 12.4 Å². The molecule has 0 aliphatic heterocycles. The summed E-state index contributed by atoms with van der Waals surface area (Å²) >= 11 is 3.43. The molecule has 122 valence electrons. The van der Waals surface area contributed by atoms with Gasteiger partial charge in [0.2, 0.25) is 11.8 Å². The second kappa shape index (κ2) is 7.94. The molecule has 1 fully saturated rings. The summed E-state index contributed by atoms with van der Waals surface area (Å²) < 4.78 is 1.05. The Morgan fingerprint density at radius 2 is 1.91 bits per heavy atom.